The molecule has 2 unspecified atom stereocenters. The van der Waals surface area contributed by atoms with Crippen molar-refractivity contribution in [3.8, 4) is 0 Å². The van der Waals surface area contributed by atoms with Crippen LogP contribution in [0.2, 0.25) is 0 Å². The lowest BCUT2D eigenvalue weighted by Crippen LogP contribution is -2.53. The fraction of sp³-hybridized carbons (Fsp3) is 0.241. The number of methoxy groups -OCH3 is 1. The van der Waals surface area contributed by atoms with Crippen molar-refractivity contribution in [3.05, 3.63) is 107 Å². The van der Waals surface area contributed by atoms with Gasteiger partial charge < -0.3 is 20.4 Å². The van der Waals surface area contributed by atoms with Gasteiger partial charge in [0.05, 0.1) is 13.2 Å². The predicted molar refractivity (Wildman–Crippen MR) is 146 cm³/mol. The Balaban J connectivity index is 1.64. The molecule has 6 nitrogen and oxygen atoms in total. The number of fused-ring (bicyclic) bond motifs is 1. The van der Waals surface area contributed by atoms with Crippen molar-refractivity contribution in [1.82, 2.24) is 15.6 Å². The van der Waals surface area contributed by atoms with E-state index < -0.39 is 24.0 Å². The van der Waals surface area contributed by atoms with Crippen LogP contribution < -0.4 is 10.6 Å². The molecular weight excluding hydrogens is 470 g/mol. The van der Waals surface area contributed by atoms with Gasteiger partial charge in [0.2, 0.25) is 5.91 Å². The molecule has 1 aromatic heterocycles. The Bertz CT molecular complexity index is 1300. The normalized spacial score (nSPS) is 13.6. The summed E-state index contributed by atoms with van der Waals surface area (Å²) < 4.78 is 5.18. The molecule has 1 amide bonds. The highest BCUT2D eigenvalue weighted by Gasteiger charge is 2.36. The summed E-state index contributed by atoms with van der Waals surface area (Å²) in [7, 11) is 1.34. The van der Waals surface area contributed by atoms with Crippen LogP contribution in [0.15, 0.2) is 85.1 Å². The van der Waals surface area contributed by atoms with E-state index in [2.05, 4.69) is 28.2 Å². The zero-order valence-corrected chi connectivity index (χ0v) is 21.3. The fourth-order valence-corrected chi connectivity index (χ4v) is 4.70. The van der Waals surface area contributed by atoms with E-state index in [9.17, 15) is 9.59 Å². The third-order valence-corrected chi connectivity index (χ3v) is 6.74. The van der Waals surface area contributed by atoms with E-state index in [0.29, 0.717) is 6.54 Å². The number of carbonyl (C=O) groups excluding carboxylic acids is 2. The largest absolute Gasteiger partial charge is 0.467 e. The fourth-order valence-electron chi connectivity index (χ4n) is 4.41. The zero-order chi connectivity index (χ0) is 25.5. The summed E-state index contributed by atoms with van der Waals surface area (Å²) in [6.07, 6.45) is 1.90. The maximum Gasteiger partial charge on any atom is 0.329 e. The first-order valence-corrected chi connectivity index (χ1v) is 12.5. The first kappa shape index (κ1) is 25.5. The standard InChI is InChI=1S/C29H31N3O3S/c1-19-12-14-20(15-13-19)16-30-25(18-36)28(33)32-27(29(34)35-2)26(21-8-4-3-5-9-21)23-17-31-24-11-7-6-10-22(23)24/h3-15,17,25-27,30-31,36H,16,18H2,1-2H3,(H,32,33)/t25-,26?,27?/m0/s1. The third kappa shape index (κ3) is 5.80. The highest BCUT2D eigenvalue weighted by Crippen LogP contribution is 2.34. The summed E-state index contributed by atoms with van der Waals surface area (Å²) in [6.45, 7) is 2.54. The number of thiol groups is 1. The van der Waals surface area contributed by atoms with E-state index in [1.807, 2.05) is 92.0 Å². The molecule has 0 spiro atoms. The van der Waals surface area contributed by atoms with E-state index >= 15 is 0 Å². The van der Waals surface area contributed by atoms with Crippen LogP contribution in [0.25, 0.3) is 10.9 Å². The van der Waals surface area contributed by atoms with Gasteiger partial charge in [0.15, 0.2) is 0 Å². The molecule has 0 aliphatic rings. The smallest absolute Gasteiger partial charge is 0.329 e. The lowest BCUT2D eigenvalue weighted by molar-refractivity contribution is -0.145. The van der Waals surface area contributed by atoms with E-state index in [1.54, 1.807) is 0 Å². The van der Waals surface area contributed by atoms with Crippen molar-refractivity contribution in [2.45, 2.75) is 31.5 Å². The number of nitrogens with one attached hydrogen (secondary N) is 3. The van der Waals surface area contributed by atoms with Crippen LogP contribution in [0, 0.1) is 6.92 Å². The van der Waals surface area contributed by atoms with Gasteiger partial charge in [-0.1, -0.05) is 78.4 Å². The molecule has 7 heteroatoms. The second-order valence-electron chi connectivity index (χ2n) is 8.79. The monoisotopic (exact) mass is 501 g/mol. The Morgan fingerprint density at radius 2 is 1.67 bits per heavy atom. The third-order valence-electron chi connectivity index (χ3n) is 6.37. The van der Waals surface area contributed by atoms with Gasteiger partial charge in [0, 0.05) is 35.3 Å². The van der Waals surface area contributed by atoms with Crippen molar-refractivity contribution in [1.29, 1.82) is 0 Å². The molecule has 0 aliphatic heterocycles. The first-order chi connectivity index (χ1) is 17.5. The van der Waals surface area contributed by atoms with Crippen molar-refractivity contribution in [3.63, 3.8) is 0 Å². The number of para-hydroxylation sites is 1. The topological polar surface area (TPSA) is 83.2 Å². The summed E-state index contributed by atoms with van der Waals surface area (Å²) in [6, 6.07) is 24.2. The van der Waals surface area contributed by atoms with Gasteiger partial charge in [-0.15, -0.1) is 0 Å². The number of esters is 1. The average molecular weight is 502 g/mol. The number of rotatable bonds is 10. The molecule has 1 heterocycles. The van der Waals surface area contributed by atoms with Gasteiger partial charge in [-0.3, -0.25) is 4.79 Å². The minimum Gasteiger partial charge on any atom is -0.467 e. The van der Waals surface area contributed by atoms with E-state index in [4.69, 9.17) is 4.74 Å². The molecule has 0 aliphatic carbocycles. The molecule has 186 valence electrons. The average Bonchev–Trinajstić information content (AvgIpc) is 3.33. The predicted octanol–water partition coefficient (Wildman–Crippen LogP) is 4.35. The molecular formula is C29H31N3O3S. The molecule has 4 rings (SSSR count). The summed E-state index contributed by atoms with van der Waals surface area (Å²) in [5, 5.41) is 7.22. The molecule has 0 saturated carbocycles. The van der Waals surface area contributed by atoms with Crippen LogP contribution in [0.4, 0.5) is 0 Å². The van der Waals surface area contributed by atoms with Crippen LogP contribution in [0.5, 0.6) is 0 Å². The number of hydrogen-bond donors (Lipinski definition) is 4. The van der Waals surface area contributed by atoms with Gasteiger partial charge >= 0.3 is 5.97 Å². The maximum absolute atomic E-state index is 13.4. The first-order valence-electron chi connectivity index (χ1n) is 11.9. The van der Waals surface area contributed by atoms with Gasteiger partial charge in [-0.25, -0.2) is 4.79 Å². The second kappa shape index (κ2) is 11.9. The van der Waals surface area contributed by atoms with Crippen LogP contribution in [0.3, 0.4) is 0 Å². The Labute approximate surface area is 216 Å². The van der Waals surface area contributed by atoms with Crippen molar-refractivity contribution in [2.24, 2.45) is 0 Å². The van der Waals surface area contributed by atoms with Crippen LogP contribution in [-0.2, 0) is 20.9 Å². The number of aryl methyl sites for hydroxylation is 1. The van der Waals surface area contributed by atoms with Gasteiger partial charge in [-0.2, -0.15) is 12.6 Å². The number of carbonyl (C=O) groups is 2. The van der Waals surface area contributed by atoms with E-state index in [0.717, 1.165) is 27.6 Å². The lowest BCUT2D eigenvalue weighted by Gasteiger charge is -2.28. The zero-order valence-electron chi connectivity index (χ0n) is 20.4. The number of ether oxygens (including phenoxy) is 1. The number of amides is 1. The Morgan fingerprint density at radius 1 is 0.972 bits per heavy atom. The Hall–Kier alpha value is -3.55. The summed E-state index contributed by atoms with van der Waals surface area (Å²) in [4.78, 5) is 29.8. The van der Waals surface area contributed by atoms with Gasteiger partial charge in [0.1, 0.15) is 6.04 Å². The number of hydrogen-bond acceptors (Lipinski definition) is 5. The van der Waals surface area contributed by atoms with Crippen LogP contribution >= 0.6 is 12.6 Å². The highest BCUT2D eigenvalue weighted by molar-refractivity contribution is 7.80. The Kier molecular flexibility index (Phi) is 8.46. The minimum atomic E-state index is -0.937. The summed E-state index contributed by atoms with van der Waals surface area (Å²) in [5.41, 5.74) is 4.99. The number of aromatic amines is 1. The Morgan fingerprint density at radius 3 is 2.36 bits per heavy atom. The molecule has 4 aromatic rings. The maximum atomic E-state index is 13.4. The second-order valence-corrected chi connectivity index (χ2v) is 9.15. The molecule has 0 radical (unpaired) electrons. The lowest BCUT2D eigenvalue weighted by atomic mass is 9.84. The van der Waals surface area contributed by atoms with Gasteiger partial charge in [0.25, 0.3) is 0 Å². The highest BCUT2D eigenvalue weighted by atomic mass is 32.1. The summed E-state index contributed by atoms with van der Waals surface area (Å²) in [5.74, 6) is -1.02. The summed E-state index contributed by atoms with van der Waals surface area (Å²) >= 11 is 4.40. The molecule has 0 fully saturated rings. The quantitative estimate of drug-likeness (QED) is 0.192. The minimum absolute atomic E-state index is 0.272. The van der Waals surface area contributed by atoms with Crippen molar-refractivity contribution in [2.75, 3.05) is 12.9 Å². The number of H-pyrrole nitrogens is 1. The van der Waals surface area contributed by atoms with E-state index in [-0.39, 0.29) is 11.7 Å². The van der Waals surface area contributed by atoms with E-state index in [1.165, 1.54) is 12.7 Å². The molecule has 36 heavy (non-hydrogen) atoms. The molecule has 0 saturated heterocycles. The molecule has 3 aromatic carbocycles. The number of aromatic nitrogens is 1. The van der Waals surface area contributed by atoms with Gasteiger partial charge in [-0.05, 0) is 29.7 Å². The van der Waals surface area contributed by atoms with Crippen LogP contribution in [-0.4, -0.2) is 41.8 Å². The van der Waals surface area contributed by atoms with Crippen molar-refractivity contribution < 1.29 is 14.3 Å². The molecule has 3 N–H and O–H groups in total. The van der Waals surface area contributed by atoms with Crippen molar-refractivity contribution >= 4 is 35.4 Å². The number of benzene rings is 3. The van der Waals surface area contributed by atoms with Crippen LogP contribution in [0.1, 0.15) is 28.2 Å². The molecule has 3 atom stereocenters. The molecule has 0 bridgehead atoms. The SMILES string of the molecule is COC(=O)C(NC(=O)[C@H](CS)NCc1ccc(C)cc1)C(c1ccccc1)c1c[nH]c2ccccc12.